The zero-order valence-corrected chi connectivity index (χ0v) is 13.6. The molecule has 0 radical (unpaired) electrons. The van der Waals surface area contributed by atoms with Crippen LogP contribution in [0.5, 0.6) is 5.75 Å². The molecule has 0 saturated heterocycles. The highest BCUT2D eigenvalue weighted by Crippen LogP contribution is 2.43. The molecule has 120 valence electrons. The lowest BCUT2D eigenvalue weighted by Gasteiger charge is -2.36. The van der Waals surface area contributed by atoms with Crippen molar-refractivity contribution in [3.05, 3.63) is 65.2 Å². The van der Waals surface area contributed by atoms with Gasteiger partial charge in [0.15, 0.2) is 0 Å². The van der Waals surface area contributed by atoms with Crippen molar-refractivity contribution in [1.29, 1.82) is 0 Å². The number of esters is 1. The zero-order chi connectivity index (χ0) is 16.2. The Morgan fingerprint density at radius 3 is 2.22 bits per heavy atom. The van der Waals surface area contributed by atoms with Gasteiger partial charge < -0.3 is 9.47 Å². The Morgan fingerprint density at radius 1 is 1.00 bits per heavy atom. The van der Waals surface area contributed by atoms with Crippen LogP contribution in [0.25, 0.3) is 0 Å². The molecule has 1 fully saturated rings. The summed E-state index contributed by atoms with van der Waals surface area (Å²) < 4.78 is 9.92. The van der Waals surface area contributed by atoms with E-state index in [1.807, 2.05) is 36.4 Å². The lowest BCUT2D eigenvalue weighted by Crippen LogP contribution is -2.23. The van der Waals surface area contributed by atoms with E-state index >= 15 is 0 Å². The van der Waals surface area contributed by atoms with Crippen LogP contribution in [0.4, 0.5) is 0 Å². The number of carbonyl (C=O) groups excluding carboxylic acids is 1. The molecular formula is C20H22O3. The van der Waals surface area contributed by atoms with E-state index in [4.69, 9.17) is 9.47 Å². The molecule has 2 aromatic carbocycles. The number of ether oxygens (including phenoxy) is 2. The maximum atomic E-state index is 11.4. The van der Waals surface area contributed by atoms with Gasteiger partial charge in [0.1, 0.15) is 5.75 Å². The Bertz CT molecular complexity index is 652. The van der Waals surface area contributed by atoms with Gasteiger partial charge in [-0.05, 0) is 66.5 Å². The molecule has 2 aromatic rings. The molecule has 1 saturated carbocycles. The number of methoxy groups -OCH3 is 2. The number of rotatable bonds is 5. The molecule has 3 nitrogen and oxygen atoms in total. The van der Waals surface area contributed by atoms with Gasteiger partial charge in [-0.1, -0.05) is 24.3 Å². The quantitative estimate of drug-likeness (QED) is 0.776. The van der Waals surface area contributed by atoms with Gasteiger partial charge in [-0.15, -0.1) is 0 Å². The predicted molar refractivity (Wildman–Crippen MR) is 89.9 cm³/mol. The maximum absolute atomic E-state index is 11.4. The highest BCUT2D eigenvalue weighted by molar-refractivity contribution is 5.89. The molecule has 0 bridgehead atoms. The molecule has 3 rings (SSSR count). The van der Waals surface area contributed by atoms with E-state index in [-0.39, 0.29) is 5.97 Å². The first-order valence-electron chi connectivity index (χ1n) is 8.01. The van der Waals surface area contributed by atoms with E-state index in [2.05, 4.69) is 12.1 Å². The summed E-state index contributed by atoms with van der Waals surface area (Å²) in [5, 5.41) is 0. The van der Waals surface area contributed by atoms with Crippen molar-refractivity contribution in [2.24, 2.45) is 5.92 Å². The Hall–Kier alpha value is -2.29. The van der Waals surface area contributed by atoms with Crippen molar-refractivity contribution in [3.63, 3.8) is 0 Å². The summed E-state index contributed by atoms with van der Waals surface area (Å²) in [6, 6.07) is 16.2. The van der Waals surface area contributed by atoms with Gasteiger partial charge in [0.2, 0.25) is 0 Å². The van der Waals surface area contributed by atoms with Crippen LogP contribution in [0.1, 0.15) is 40.2 Å². The van der Waals surface area contributed by atoms with Gasteiger partial charge in [-0.2, -0.15) is 0 Å². The third kappa shape index (κ3) is 3.55. The largest absolute Gasteiger partial charge is 0.497 e. The van der Waals surface area contributed by atoms with Crippen molar-refractivity contribution in [1.82, 2.24) is 0 Å². The zero-order valence-electron chi connectivity index (χ0n) is 13.6. The Labute approximate surface area is 137 Å². The van der Waals surface area contributed by atoms with Crippen molar-refractivity contribution < 1.29 is 14.3 Å². The van der Waals surface area contributed by atoms with E-state index in [0.29, 0.717) is 11.5 Å². The highest BCUT2D eigenvalue weighted by Gasteiger charge is 2.30. The molecule has 0 unspecified atom stereocenters. The summed E-state index contributed by atoms with van der Waals surface area (Å²) >= 11 is 0. The summed E-state index contributed by atoms with van der Waals surface area (Å²) in [7, 11) is 3.10. The minimum absolute atomic E-state index is 0.278. The Balaban J connectivity index is 1.52. The van der Waals surface area contributed by atoms with Crippen LogP contribution in [0.3, 0.4) is 0 Å². The summed E-state index contributed by atoms with van der Waals surface area (Å²) in [5.74, 6) is 2.03. The number of hydrogen-bond donors (Lipinski definition) is 0. The summed E-state index contributed by atoms with van der Waals surface area (Å²) in [6.45, 7) is 0. The number of carbonyl (C=O) groups is 1. The van der Waals surface area contributed by atoms with Gasteiger partial charge in [-0.25, -0.2) is 4.79 Å². The predicted octanol–water partition coefficient (Wildman–Crippen LogP) is 4.22. The van der Waals surface area contributed by atoms with Crippen LogP contribution in [-0.4, -0.2) is 20.2 Å². The average Bonchev–Trinajstić information content (AvgIpc) is 2.58. The molecule has 0 amide bonds. The minimum atomic E-state index is -0.278. The molecule has 0 spiro atoms. The lowest BCUT2D eigenvalue weighted by molar-refractivity contribution is 0.0600. The molecule has 0 aliphatic heterocycles. The van der Waals surface area contributed by atoms with Crippen LogP contribution in [0.15, 0.2) is 48.5 Å². The van der Waals surface area contributed by atoms with Gasteiger partial charge in [0.05, 0.1) is 19.8 Å². The first-order valence-corrected chi connectivity index (χ1v) is 8.01. The summed E-state index contributed by atoms with van der Waals surface area (Å²) in [6.07, 6.45) is 3.53. The van der Waals surface area contributed by atoms with E-state index < -0.39 is 0 Å². The summed E-state index contributed by atoms with van der Waals surface area (Å²) in [4.78, 5) is 11.4. The molecule has 1 aliphatic carbocycles. The van der Waals surface area contributed by atoms with E-state index in [9.17, 15) is 4.79 Å². The smallest absolute Gasteiger partial charge is 0.337 e. The van der Waals surface area contributed by atoms with Crippen LogP contribution in [-0.2, 0) is 11.2 Å². The van der Waals surface area contributed by atoms with Gasteiger partial charge >= 0.3 is 5.97 Å². The maximum Gasteiger partial charge on any atom is 0.337 e. The number of benzene rings is 2. The van der Waals surface area contributed by atoms with E-state index in [1.165, 1.54) is 31.1 Å². The fraction of sp³-hybridized carbons (Fsp3) is 0.350. The molecule has 0 atom stereocenters. The van der Waals surface area contributed by atoms with Gasteiger partial charge in [0.25, 0.3) is 0 Å². The topological polar surface area (TPSA) is 35.5 Å². The second-order valence-corrected chi connectivity index (χ2v) is 6.20. The fourth-order valence-electron chi connectivity index (χ4n) is 3.28. The SMILES string of the molecule is COC(=O)c1ccc(CC2CC(c3ccc(OC)cc3)C2)cc1. The van der Waals surface area contributed by atoms with Crippen molar-refractivity contribution >= 4 is 5.97 Å². The van der Waals surface area contributed by atoms with Crippen LogP contribution >= 0.6 is 0 Å². The van der Waals surface area contributed by atoms with Crippen LogP contribution in [0.2, 0.25) is 0 Å². The first-order chi connectivity index (χ1) is 11.2. The first kappa shape index (κ1) is 15.6. The monoisotopic (exact) mass is 310 g/mol. The van der Waals surface area contributed by atoms with Crippen LogP contribution in [0, 0.1) is 5.92 Å². The molecule has 0 N–H and O–H groups in total. The van der Waals surface area contributed by atoms with Gasteiger partial charge in [0, 0.05) is 0 Å². The van der Waals surface area contributed by atoms with Crippen molar-refractivity contribution in [2.45, 2.75) is 25.2 Å². The molecular weight excluding hydrogens is 288 g/mol. The molecule has 23 heavy (non-hydrogen) atoms. The minimum Gasteiger partial charge on any atom is -0.497 e. The average molecular weight is 310 g/mol. The third-order valence-corrected chi connectivity index (χ3v) is 4.72. The normalized spacial score (nSPS) is 19.7. The second kappa shape index (κ2) is 6.86. The standard InChI is InChI=1S/C20H22O3/c1-22-19-9-7-16(8-10-19)18-12-15(13-18)11-14-3-5-17(6-4-14)20(21)23-2/h3-10,15,18H,11-13H2,1-2H3. The second-order valence-electron chi connectivity index (χ2n) is 6.20. The molecule has 3 heteroatoms. The molecule has 0 heterocycles. The number of hydrogen-bond acceptors (Lipinski definition) is 3. The molecule has 1 aliphatic rings. The summed E-state index contributed by atoms with van der Waals surface area (Å²) in [5.41, 5.74) is 3.31. The van der Waals surface area contributed by atoms with E-state index in [1.54, 1.807) is 7.11 Å². The lowest BCUT2D eigenvalue weighted by atomic mass is 9.69. The Morgan fingerprint density at radius 2 is 1.65 bits per heavy atom. The van der Waals surface area contributed by atoms with Crippen molar-refractivity contribution in [3.8, 4) is 5.75 Å². The van der Waals surface area contributed by atoms with Crippen molar-refractivity contribution in [2.75, 3.05) is 14.2 Å². The Kier molecular flexibility index (Phi) is 4.65. The van der Waals surface area contributed by atoms with Crippen LogP contribution < -0.4 is 4.74 Å². The van der Waals surface area contributed by atoms with Gasteiger partial charge in [-0.3, -0.25) is 0 Å². The third-order valence-electron chi connectivity index (χ3n) is 4.72. The highest BCUT2D eigenvalue weighted by atomic mass is 16.5. The molecule has 0 aromatic heterocycles. The fourth-order valence-corrected chi connectivity index (χ4v) is 3.28. The van der Waals surface area contributed by atoms with E-state index in [0.717, 1.165) is 18.1 Å².